The molecule has 0 saturated heterocycles. The maximum absolute atomic E-state index is 12.3. The molecule has 3 rings (SSSR count). The van der Waals surface area contributed by atoms with Gasteiger partial charge in [0.15, 0.2) is 0 Å². The van der Waals surface area contributed by atoms with Gasteiger partial charge in [0.05, 0.1) is 6.54 Å². The second-order valence-corrected chi connectivity index (χ2v) is 7.79. The molecule has 0 spiro atoms. The average molecular weight is 416 g/mol. The highest BCUT2D eigenvalue weighted by Gasteiger charge is 2.08. The molecular formula is C26H29N3O2. The van der Waals surface area contributed by atoms with Crippen molar-refractivity contribution in [3.8, 4) is 0 Å². The first kappa shape index (κ1) is 22.1. The fourth-order valence-electron chi connectivity index (χ4n) is 3.60. The predicted octanol–water partition coefficient (Wildman–Crippen LogP) is 5.23. The van der Waals surface area contributed by atoms with Gasteiger partial charge in [-0.3, -0.25) is 9.59 Å². The van der Waals surface area contributed by atoms with Crippen LogP contribution in [-0.4, -0.2) is 18.4 Å². The van der Waals surface area contributed by atoms with Gasteiger partial charge in [0.2, 0.25) is 11.8 Å². The monoisotopic (exact) mass is 415 g/mol. The van der Waals surface area contributed by atoms with Crippen LogP contribution in [0.5, 0.6) is 0 Å². The topological polar surface area (TPSA) is 70.2 Å². The van der Waals surface area contributed by atoms with Gasteiger partial charge < -0.3 is 16.0 Å². The van der Waals surface area contributed by atoms with E-state index in [1.54, 1.807) is 24.3 Å². The Morgan fingerprint density at radius 2 is 1.29 bits per heavy atom. The summed E-state index contributed by atoms with van der Waals surface area (Å²) >= 11 is 0. The Kier molecular flexibility index (Phi) is 7.44. The summed E-state index contributed by atoms with van der Waals surface area (Å²) in [4.78, 5) is 24.5. The number of aryl methyl sites for hydroxylation is 4. The minimum absolute atomic E-state index is 0.0336. The summed E-state index contributed by atoms with van der Waals surface area (Å²) in [5.41, 5.74) is 6.98. The number of rotatable bonds is 8. The Morgan fingerprint density at radius 1 is 0.742 bits per heavy atom. The Morgan fingerprint density at radius 3 is 1.87 bits per heavy atom. The van der Waals surface area contributed by atoms with Crippen molar-refractivity contribution in [3.63, 3.8) is 0 Å². The lowest BCUT2D eigenvalue weighted by Crippen LogP contribution is -2.22. The van der Waals surface area contributed by atoms with E-state index in [2.05, 4.69) is 35.0 Å². The molecule has 0 saturated carbocycles. The molecule has 0 radical (unpaired) electrons. The fourth-order valence-corrected chi connectivity index (χ4v) is 3.60. The van der Waals surface area contributed by atoms with Gasteiger partial charge in [0, 0.05) is 23.5 Å². The first-order valence-electron chi connectivity index (χ1n) is 10.5. The maximum Gasteiger partial charge on any atom is 0.243 e. The quantitative estimate of drug-likeness (QED) is 0.472. The summed E-state index contributed by atoms with van der Waals surface area (Å²) in [6.45, 7) is 6.31. The molecule has 2 amide bonds. The van der Waals surface area contributed by atoms with Crippen LogP contribution in [0.15, 0.2) is 66.7 Å². The van der Waals surface area contributed by atoms with Gasteiger partial charge in [-0.25, -0.2) is 0 Å². The van der Waals surface area contributed by atoms with Crippen LogP contribution in [0.25, 0.3) is 0 Å². The molecule has 0 atom stereocenters. The molecule has 0 aliphatic heterocycles. The molecule has 5 nitrogen and oxygen atoms in total. The maximum atomic E-state index is 12.3. The number of benzene rings is 3. The van der Waals surface area contributed by atoms with Crippen LogP contribution in [0.1, 0.15) is 28.7 Å². The molecule has 3 aromatic carbocycles. The van der Waals surface area contributed by atoms with Crippen LogP contribution < -0.4 is 16.0 Å². The lowest BCUT2D eigenvalue weighted by molar-refractivity contribution is -0.116. The largest absolute Gasteiger partial charge is 0.376 e. The second kappa shape index (κ2) is 10.4. The third-order valence-electron chi connectivity index (χ3n) is 5.04. The van der Waals surface area contributed by atoms with Crippen LogP contribution in [-0.2, 0) is 16.0 Å². The number of hydrogen-bond donors (Lipinski definition) is 3. The minimum atomic E-state index is -0.126. The van der Waals surface area contributed by atoms with Crippen LogP contribution in [0.4, 0.5) is 17.1 Å². The van der Waals surface area contributed by atoms with Gasteiger partial charge in [-0.05, 0) is 68.1 Å². The van der Waals surface area contributed by atoms with Gasteiger partial charge in [0.1, 0.15) is 0 Å². The van der Waals surface area contributed by atoms with E-state index in [-0.39, 0.29) is 18.4 Å². The van der Waals surface area contributed by atoms with Gasteiger partial charge in [0.25, 0.3) is 0 Å². The van der Waals surface area contributed by atoms with Crippen molar-refractivity contribution in [2.75, 3.05) is 22.5 Å². The summed E-state index contributed by atoms with van der Waals surface area (Å²) in [5.74, 6) is -0.160. The molecule has 0 unspecified atom stereocenters. The Balaban J connectivity index is 1.46. The number of carbonyl (C=O) groups excluding carboxylic acids is 2. The number of nitrogens with one attached hydrogen (secondary N) is 3. The predicted molar refractivity (Wildman–Crippen MR) is 128 cm³/mol. The first-order chi connectivity index (χ1) is 14.9. The lowest BCUT2D eigenvalue weighted by atomic mass is 10.1. The van der Waals surface area contributed by atoms with Crippen LogP contribution in [0.2, 0.25) is 0 Å². The van der Waals surface area contributed by atoms with Crippen molar-refractivity contribution in [2.24, 2.45) is 0 Å². The zero-order valence-corrected chi connectivity index (χ0v) is 18.3. The molecule has 0 aliphatic carbocycles. The van der Waals surface area contributed by atoms with Gasteiger partial charge in [-0.15, -0.1) is 0 Å². The van der Waals surface area contributed by atoms with E-state index in [0.29, 0.717) is 24.2 Å². The second-order valence-electron chi connectivity index (χ2n) is 7.79. The minimum Gasteiger partial charge on any atom is -0.376 e. The molecule has 0 fully saturated rings. The number of hydrogen-bond acceptors (Lipinski definition) is 3. The zero-order chi connectivity index (χ0) is 22.2. The van der Waals surface area contributed by atoms with E-state index >= 15 is 0 Å². The third-order valence-corrected chi connectivity index (χ3v) is 5.04. The van der Waals surface area contributed by atoms with Gasteiger partial charge >= 0.3 is 0 Å². The first-order valence-corrected chi connectivity index (χ1v) is 10.5. The van der Waals surface area contributed by atoms with E-state index in [1.165, 1.54) is 5.56 Å². The molecular weight excluding hydrogens is 386 g/mol. The summed E-state index contributed by atoms with van der Waals surface area (Å²) in [6.07, 6.45) is 1.12. The van der Waals surface area contributed by atoms with Crippen LogP contribution in [0, 0.1) is 20.8 Å². The zero-order valence-electron chi connectivity index (χ0n) is 18.3. The van der Waals surface area contributed by atoms with Crippen molar-refractivity contribution in [1.29, 1.82) is 0 Å². The van der Waals surface area contributed by atoms with E-state index in [9.17, 15) is 9.59 Å². The molecule has 3 aromatic rings. The highest BCUT2D eigenvalue weighted by molar-refractivity contribution is 5.95. The van der Waals surface area contributed by atoms with E-state index < -0.39 is 0 Å². The summed E-state index contributed by atoms with van der Waals surface area (Å²) in [6, 6.07) is 21.3. The van der Waals surface area contributed by atoms with Crippen molar-refractivity contribution < 1.29 is 9.59 Å². The number of amides is 2. The normalized spacial score (nSPS) is 10.4. The van der Waals surface area contributed by atoms with E-state index in [0.717, 1.165) is 22.4 Å². The molecule has 160 valence electrons. The number of anilines is 3. The molecule has 0 aromatic heterocycles. The van der Waals surface area contributed by atoms with E-state index in [4.69, 9.17) is 0 Å². The molecule has 31 heavy (non-hydrogen) atoms. The van der Waals surface area contributed by atoms with Crippen molar-refractivity contribution >= 4 is 28.9 Å². The fraction of sp³-hybridized carbons (Fsp3) is 0.231. The smallest absolute Gasteiger partial charge is 0.243 e. The van der Waals surface area contributed by atoms with Crippen LogP contribution >= 0.6 is 0 Å². The Labute approximate surface area is 183 Å². The van der Waals surface area contributed by atoms with Crippen molar-refractivity contribution in [1.82, 2.24) is 0 Å². The van der Waals surface area contributed by atoms with Gasteiger partial charge in [-0.2, -0.15) is 0 Å². The highest BCUT2D eigenvalue weighted by atomic mass is 16.2. The third kappa shape index (κ3) is 6.71. The molecule has 3 N–H and O–H groups in total. The summed E-state index contributed by atoms with van der Waals surface area (Å²) in [5, 5.41) is 8.99. The van der Waals surface area contributed by atoms with Crippen LogP contribution in [0.3, 0.4) is 0 Å². The van der Waals surface area contributed by atoms with Gasteiger partial charge in [-0.1, -0.05) is 48.0 Å². The Hall–Kier alpha value is -3.60. The highest BCUT2D eigenvalue weighted by Crippen LogP contribution is 2.21. The summed E-state index contributed by atoms with van der Waals surface area (Å²) < 4.78 is 0. The lowest BCUT2D eigenvalue weighted by Gasteiger charge is -2.14. The van der Waals surface area contributed by atoms with E-state index in [1.807, 2.05) is 44.2 Å². The Bertz CT molecular complexity index is 1020. The molecule has 0 aliphatic rings. The standard InChI is InChI=1S/C26H29N3O2/c1-18-15-19(2)26(20(3)16-18)27-17-25(31)29-23-12-10-22(11-13-23)28-24(30)14-9-21-7-5-4-6-8-21/h4-8,10-13,15-16,27H,9,14,17H2,1-3H3,(H,28,30)(H,29,31). The number of carbonyl (C=O) groups is 2. The molecule has 5 heteroatoms. The average Bonchev–Trinajstić information content (AvgIpc) is 2.73. The van der Waals surface area contributed by atoms with Crippen molar-refractivity contribution in [3.05, 3.63) is 89.0 Å². The molecule has 0 bridgehead atoms. The SMILES string of the molecule is Cc1cc(C)c(NCC(=O)Nc2ccc(NC(=O)CCc3ccccc3)cc2)c(C)c1. The van der Waals surface area contributed by atoms with Crippen molar-refractivity contribution in [2.45, 2.75) is 33.6 Å². The molecule has 0 heterocycles. The summed E-state index contributed by atoms with van der Waals surface area (Å²) in [7, 11) is 0.